The summed E-state index contributed by atoms with van der Waals surface area (Å²) in [5, 5.41) is 3.65. The van der Waals surface area contributed by atoms with Crippen molar-refractivity contribution in [3.05, 3.63) is 36.9 Å². The highest BCUT2D eigenvalue weighted by Crippen LogP contribution is 2.24. The Morgan fingerprint density at radius 1 is 1.21 bits per heavy atom. The van der Waals surface area contributed by atoms with Crippen molar-refractivity contribution < 1.29 is 13.2 Å². The number of piperidine rings is 1. The van der Waals surface area contributed by atoms with E-state index in [0.29, 0.717) is 25.9 Å². The monoisotopic (exact) mass is 414 g/mol. The number of hydrogen-bond acceptors (Lipinski definition) is 6. The lowest BCUT2D eigenvalue weighted by Crippen LogP contribution is -2.41. The standard InChI is InChI=1S/C19H22N6O3S/c1-24-12-20-11-17(24)14-3-4-15-10-21-19(22-16(15)9-14)23-18(26)13-5-7-25(8-6-13)29(2,27)28/h3-4,9-13H,5-8H2,1-2H3,(H,21,22,23,26). The molecule has 0 saturated carbocycles. The highest BCUT2D eigenvalue weighted by atomic mass is 32.2. The highest BCUT2D eigenvalue weighted by molar-refractivity contribution is 7.88. The quantitative estimate of drug-likeness (QED) is 0.695. The van der Waals surface area contributed by atoms with E-state index >= 15 is 0 Å². The smallest absolute Gasteiger partial charge is 0.229 e. The molecular formula is C19H22N6O3S. The number of imidazole rings is 1. The molecule has 10 heteroatoms. The Kier molecular flexibility index (Phi) is 5.05. The average Bonchev–Trinajstić information content (AvgIpc) is 3.13. The van der Waals surface area contributed by atoms with E-state index in [0.717, 1.165) is 22.2 Å². The first-order valence-electron chi connectivity index (χ1n) is 9.31. The van der Waals surface area contributed by atoms with E-state index < -0.39 is 10.0 Å². The Morgan fingerprint density at radius 3 is 2.62 bits per heavy atom. The van der Waals surface area contributed by atoms with Gasteiger partial charge >= 0.3 is 0 Å². The van der Waals surface area contributed by atoms with E-state index in [1.807, 2.05) is 29.8 Å². The molecule has 29 heavy (non-hydrogen) atoms. The molecular weight excluding hydrogens is 392 g/mol. The summed E-state index contributed by atoms with van der Waals surface area (Å²) in [6.45, 7) is 0.702. The molecule has 1 aliphatic rings. The fraction of sp³-hybridized carbons (Fsp3) is 0.368. The van der Waals surface area contributed by atoms with Gasteiger partial charge in [0.25, 0.3) is 0 Å². The molecule has 1 N–H and O–H groups in total. The van der Waals surface area contributed by atoms with Crippen LogP contribution >= 0.6 is 0 Å². The average molecular weight is 414 g/mol. The van der Waals surface area contributed by atoms with Gasteiger partial charge in [0.1, 0.15) is 0 Å². The molecule has 152 valence electrons. The van der Waals surface area contributed by atoms with Gasteiger partial charge in [0.15, 0.2) is 0 Å². The Bertz CT molecular complexity index is 1170. The Balaban J connectivity index is 1.49. The summed E-state index contributed by atoms with van der Waals surface area (Å²) < 4.78 is 26.6. The third kappa shape index (κ3) is 4.13. The van der Waals surface area contributed by atoms with Crippen LogP contribution in [0.1, 0.15) is 12.8 Å². The van der Waals surface area contributed by atoms with Gasteiger partial charge in [0, 0.05) is 43.2 Å². The van der Waals surface area contributed by atoms with Crippen molar-refractivity contribution in [3.8, 4) is 11.3 Å². The van der Waals surface area contributed by atoms with Crippen molar-refractivity contribution in [3.63, 3.8) is 0 Å². The van der Waals surface area contributed by atoms with Gasteiger partial charge in [-0.2, -0.15) is 0 Å². The molecule has 1 fully saturated rings. The summed E-state index contributed by atoms with van der Waals surface area (Å²) >= 11 is 0. The van der Waals surface area contributed by atoms with Gasteiger partial charge in [0.2, 0.25) is 21.9 Å². The van der Waals surface area contributed by atoms with Crippen LogP contribution < -0.4 is 5.32 Å². The number of nitrogens with zero attached hydrogens (tertiary/aromatic N) is 5. The fourth-order valence-corrected chi connectivity index (χ4v) is 4.41. The number of benzene rings is 1. The molecule has 0 spiro atoms. The van der Waals surface area contributed by atoms with E-state index in [2.05, 4.69) is 20.3 Å². The maximum absolute atomic E-state index is 12.6. The predicted molar refractivity (Wildman–Crippen MR) is 110 cm³/mol. The lowest BCUT2D eigenvalue weighted by Gasteiger charge is -2.29. The Hall–Kier alpha value is -2.85. The molecule has 1 aromatic carbocycles. The molecule has 0 radical (unpaired) electrons. The van der Waals surface area contributed by atoms with E-state index in [1.54, 1.807) is 18.7 Å². The highest BCUT2D eigenvalue weighted by Gasteiger charge is 2.29. The maximum atomic E-state index is 12.6. The van der Waals surface area contributed by atoms with Gasteiger partial charge in [0.05, 0.1) is 30.0 Å². The van der Waals surface area contributed by atoms with Crippen LogP contribution in [-0.2, 0) is 21.9 Å². The number of aryl methyl sites for hydroxylation is 1. The van der Waals surface area contributed by atoms with Crippen LogP contribution in [0.25, 0.3) is 22.2 Å². The van der Waals surface area contributed by atoms with Crippen LogP contribution in [0.2, 0.25) is 0 Å². The summed E-state index contributed by atoms with van der Waals surface area (Å²) in [5.41, 5.74) is 2.66. The number of hydrogen-bond donors (Lipinski definition) is 1. The van der Waals surface area contributed by atoms with Gasteiger partial charge in [-0.3, -0.25) is 10.1 Å². The third-order valence-corrected chi connectivity index (χ3v) is 6.53. The number of fused-ring (bicyclic) bond motifs is 1. The predicted octanol–water partition coefficient (Wildman–Crippen LogP) is 1.64. The zero-order valence-electron chi connectivity index (χ0n) is 16.2. The topological polar surface area (TPSA) is 110 Å². The van der Waals surface area contributed by atoms with Crippen LogP contribution in [-0.4, -0.2) is 57.5 Å². The zero-order chi connectivity index (χ0) is 20.6. The minimum atomic E-state index is -3.21. The Labute approximate surface area is 168 Å². The minimum absolute atomic E-state index is 0.180. The van der Waals surface area contributed by atoms with Crippen molar-refractivity contribution in [2.75, 3.05) is 24.7 Å². The van der Waals surface area contributed by atoms with E-state index in [-0.39, 0.29) is 17.8 Å². The molecule has 0 unspecified atom stereocenters. The van der Waals surface area contributed by atoms with Crippen molar-refractivity contribution >= 4 is 32.8 Å². The summed E-state index contributed by atoms with van der Waals surface area (Å²) in [6, 6.07) is 5.86. The van der Waals surface area contributed by atoms with E-state index in [1.165, 1.54) is 10.6 Å². The Morgan fingerprint density at radius 2 is 1.97 bits per heavy atom. The van der Waals surface area contributed by atoms with Gasteiger partial charge in [-0.15, -0.1) is 0 Å². The molecule has 1 aliphatic heterocycles. The first-order valence-corrected chi connectivity index (χ1v) is 11.2. The molecule has 0 aliphatic carbocycles. The molecule has 9 nitrogen and oxygen atoms in total. The van der Waals surface area contributed by atoms with Gasteiger partial charge < -0.3 is 4.57 Å². The van der Waals surface area contributed by atoms with Crippen molar-refractivity contribution in [1.82, 2.24) is 23.8 Å². The van der Waals surface area contributed by atoms with Crippen molar-refractivity contribution in [2.45, 2.75) is 12.8 Å². The number of sulfonamides is 1. The number of carbonyl (C=O) groups is 1. The summed E-state index contributed by atoms with van der Waals surface area (Å²) in [7, 11) is -1.29. The molecule has 4 rings (SSSR count). The number of carbonyl (C=O) groups excluding carboxylic acids is 1. The van der Waals surface area contributed by atoms with Gasteiger partial charge in [-0.25, -0.2) is 27.7 Å². The van der Waals surface area contributed by atoms with E-state index in [4.69, 9.17) is 0 Å². The summed E-state index contributed by atoms with van der Waals surface area (Å²) in [4.78, 5) is 25.5. The number of nitrogens with one attached hydrogen (secondary N) is 1. The van der Waals surface area contributed by atoms with E-state index in [9.17, 15) is 13.2 Å². The van der Waals surface area contributed by atoms with Crippen molar-refractivity contribution in [1.29, 1.82) is 0 Å². The SMILES string of the molecule is Cn1cncc1-c1ccc2cnc(NC(=O)C3CCN(S(C)(=O)=O)CC3)nc2c1. The van der Waals surface area contributed by atoms with Crippen LogP contribution in [0.5, 0.6) is 0 Å². The fourth-order valence-electron chi connectivity index (χ4n) is 3.54. The van der Waals surface area contributed by atoms with Crippen molar-refractivity contribution in [2.24, 2.45) is 13.0 Å². The number of amides is 1. The number of anilines is 1. The first-order chi connectivity index (χ1) is 13.8. The van der Waals surface area contributed by atoms with Crippen LogP contribution in [0.15, 0.2) is 36.9 Å². The molecule has 0 bridgehead atoms. The summed E-state index contributed by atoms with van der Waals surface area (Å²) in [6.07, 6.45) is 7.36. The lowest BCUT2D eigenvalue weighted by atomic mass is 9.97. The lowest BCUT2D eigenvalue weighted by molar-refractivity contribution is -0.121. The van der Waals surface area contributed by atoms with Crippen LogP contribution in [0.3, 0.4) is 0 Å². The first kappa shape index (κ1) is 19.5. The molecule has 3 heterocycles. The second-order valence-corrected chi connectivity index (χ2v) is 9.26. The minimum Gasteiger partial charge on any atom is -0.334 e. The second kappa shape index (κ2) is 7.53. The molecule has 2 aromatic heterocycles. The molecule has 3 aromatic rings. The van der Waals surface area contributed by atoms with Gasteiger partial charge in [-0.05, 0) is 18.9 Å². The number of aromatic nitrogens is 4. The van der Waals surface area contributed by atoms with Gasteiger partial charge in [-0.1, -0.05) is 12.1 Å². The largest absolute Gasteiger partial charge is 0.334 e. The normalized spacial score (nSPS) is 16.2. The molecule has 1 amide bonds. The summed E-state index contributed by atoms with van der Waals surface area (Å²) in [5.74, 6) is -0.191. The number of rotatable bonds is 4. The third-order valence-electron chi connectivity index (χ3n) is 5.22. The second-order valence-electron chi connectivity index (χ2n) is 7.28. The van der Waals surface area contributed by atoms with Crippen LogP contribution in [0.4, 0.5) is 5.95 Å². The zero-order valence-corrected chi connectivity index (χ0v) is 17.1. The molecule has 0 atom stereocenters. The molecule has 1 saturated heterocycles. The van der Waals surface area contributed by atoms with Crippen LogP contribution in [0, 0.1) is 5.92 Å². The maximum Gasteiger partial charge on any atom is 0.229 e.